The molecule has 1 heterocycles. The molecule has 1 saturated carbocycles. The molecule has 0 spiro atoms. The van der Waals surface area contributed by atoms with Crippen LogP contribution in [0.15, 0.2) is 18.2 Å². The van der Waals surface area contributed by atoms with E-state index in [1.807, 2.05) is 0 Å². The van der Waals surface area contributed by atoms with E-state index in [1.165, 1.54) is 0 Å². The Labute approximate surface area is 141 Å². The zero-order valence-corrected chi connectivity index (χ0v) is 13.9. The van der Waals surface area contributed by atoms with Crippen molar-refractivity contribution >= 4 is 11.9 Å². The zero-order valence-electron chi connectivity index (χ0n) is 13.9. The summed E-state index contributed by atoms with van der Waals surface area (Å²) in [6.07, 6.45) is 4.23. The average molecular weight is 333 g/mol. The molecule has 3 rings (SSSR count). The SMILES string of the molecule is CC(OC(=O)c1ccc2c(c1)OCCCO2)C(=O)NC1CCCC1. The van der Waals surface area contributed by atoms with Crippen molar-refractivity contribution < 1.29 is 23.8 Å². The molecule has 6 heteroatoms. The molecular formula is C18H23NO5. The van der Waals surface area contributed by atoms with Crippen LogP contribution >= 0.6 is 0 Å². The maximum atomic E-state index is 12.3. The van der Waals surface area contributed by atoms with E-state index in [-0.39, 0.29) is 11.9 Å². The van der Waals surface area contributed by atoms with Gasteiger partial charge in [-0.05, 0) is 38.0 Å². The highest BCUT2D eigenvalue weighted by molar-refractivity contribution is 5.92. The Morgan fingerprint density at radius 2 is 1.83 bits per heavy atom. The summed E-state index contributed by atoms with van der Waals surface area (Å²) in [6, 6.07) is 5.12. The summed E-state index contributed by atoms with van der Waals surface area (Å²) in [6.45, 7) is 2.73. The van der Waals surface area contributed by atoms with Crippen molar-refractivity contribution in [2.75, 3.05) is 13.2 Å². The monoisotopic (exact) mass is 333 g/mol. The quantitative estimate of drug-likeness (QED) is 0.857. The van der Waals surface area contributed by atoms with E-state index in [0.717, 1.165) is 32.1 Å². The lowest BCUT2D eigenvalue weighted by molar-refractivity contribution is -0.129. The second-order valence-electron chi connectivity index (χ2n) is 6.25. The fourth-order valence-electron chi connectivity index (χ4n) is 2.96. The van der Waals surface area contributed by atoms with E-state index in [0.29, 0.717) is 30.3 Å². The van der Waals surface area contributed by atoms with Gasteiger partial charge in [0.2, 0.25) is 0 Å². The number of amides is 1. The predicted octanol–water partition coefficient (Wildman–Crippen LogP) is 2.45. The summed E-state index contributed by atoms with van der Waals surface area (Å²) < 4.78 is 16.4. The first kappa shape index (κ1) is 16.6. The van der Waals surface area contributed by atoms with Crippen molar-refractivity contribution in [3.05, 3.63) is 23.8 Å². The first-order valence-corrected chi connectivity index (χ1v) is 8.54. The lowest BCUT2D eigenvalue weighted by Crippen LogP contribution is -2.40. The Balaban J connectivity index is 1.59. The molecule has 0 radical (unpaired) electrons. The van der Waals surface area contributed by atoms with Gasteiger partial charge in [-0.2, -0.15) is 0 Å². The number of esters is 1. The third-order valence-corrected chi connectivity index (χ3v) is 4.34. The van der Waals surface area contributed by atoms with Gasteiger partial charge in [-0.15, -0.1) is 0 Å². The predicted molar refractivity (Wildman–Crippen MR) is 87.3 cm³/mol. The largest absolute Gasteiger partial charge is 0.490 e. The summed E-state index contributed by atoms with van der Waals surface area (Å²) in [5.74, 6) is 0.366. The molecule has 1 aromatic carbocycles. The van der Waals surface area contributed by atoms with Crippen molar-refractivity contribution in [3.63, 3.8) is 0 Å². The van der Waals surface area contributed by atoms with Crippen molar-refractivity contribution in [1.29, 1.82) is 0 Å². The number of carbonyl (C=O) groups is 2. The first-order chi connectivity index (χ1) is 11.6. The molecule has 0 bridgehead atoms. The molecule has 1 aromatic rings. The third-order valence-electron chi connectivity index (χ3n) is 4.34. The van der Waals surface area contributed by atoms with Crippen molar-refractivity contribution in [3.8, 4) is 11.5 Å². The van der Waals surface area contributed by atoms with Gasteiger partial charge in [0.1, 0.15) is 0 Å². The number of benzene rings is 1. The minimum atomic E-state index is -0.825. The van der Waals surface area contributed by atoms with Crippen LogP contribution in [-0.2, 0) is 9.53 Å². The normalized spacial score (nSPS) is 18.5. The van der Waals surface area contributed by atoms with E-state index in [1.54, 1.807) is 25.1 Å². The van der Waals surface area contributed by atoms with Crippen molar-refractivity contribution in [1.82, 2.24) is 5.32 Å². The fraction of sp³-hybridized carbons (Fsp3) is 0.556. The minimum absolute atomic E-state index is 0.205. The van der Waals surface area contributed by atoms with E-state index < -0.39 is 12.1 Å². The van der Waals surface area contributed by atoms with E-state index in [4.69, 9.17) is 14.2 Å². The van der Waals surface area contributed by atoms with Gasteiger partial charge in [0.25, 0.3) is 5.91 Å². The van der Waals surface area contributed by atoms with Crippen LogP contribution < -0.4 is 14.8 Å². The summed E-state index contributed by atoms with van der Waals surface area (Å²) in [5.41, 5.74) is 0.347. The van der Waals surface area contributed by atoms with Crippen LogP contribution in [0.4, 0.5) is 0 Å². The Hall–Kier alpha value is -2.24. The van der Waals surface area contributed by atoms with E-state index in [9.17, 15) is 9.59 Å². The molecule has 0 aromatic heterocycles. The maximum absolute atomic E-state index is 12.3. The second-order valence-corrected chi connectivity index (χ2v) is 6.25. The fourth-order valence-corrected chi connectivity index (χ4v) is 2.96. The van der Waals surface area contributed by atoms with Crippen LogP contribution in [0.1, 0.15) is 49.4 Å². The number of carbonyl (C=O) groups excluding carboxylic acids is 2. The molecule has 1 unspecified atom stereocenters. The average Bonchev–Trinajstić information content (AvgIpc) is 2.97. The topological polar surface area (TPSA) is 73.9 Å². The number of hydrogen-bond acceptors (Lipinski definition) is 5. The Morgan fingerprint density at radius 3 is 2.58 bits per heavy atom. The van der Waals surface area contributed by atoms with Gasteiger partial charge in [0.15, 0.2) is 17.6 Å². The van der Waals surface area contributed by atoms with Gasteiger partial charge in [0, 0.05) is 12.5 Å². The first-order valence-electron chi connectivity index (χ1n) is 8.54. The summed E-state index contributed by atoms with van der Waals surface area (Å²) in [7, 11) is 0. The summed E-state index contributed by atoms with van der Waals surface area (Å²) >= 11 is 0. The van der Waals surface area contributed by atoms with Crippen molar-refractivity contribution in [2.24, 2.45) is 0 Å². The lowest BCUT2D eigenvalue weighted by Gasteiger charge is -2.17. The number of rotatable bonds is 4. The number of ether oxygens (including phenoxy) is 3. The second kappa shape index (κ2) is 7.55. The standard InChI is InChI=1S/C18H23NO5/c1-12(17(20)19-14-5-2-3-6-14)24-18(21)13-7-8-15-16(11-13)23-10-4-9-22-15/h7-8,11-12,14H,2-6,9-10H2,1H3,(H,19,20). The maximum Gasteiger partial charge on any atom is 0.339 e. The lowest BCUT2D eigenvalue weighted by atomic mass is 10.2. The third kappa shape index (κ3) is 3.99. The molecule has 6 nitrogen and oxygen atoms in total. The molecule has 0 saturated heterocycles. The van der Waals surface area contributed by atoms with Crippen LogP contribution in [0.5, 0.6) is 11.5 Å². The van der Waals surface area contributed by atoms with Gasteiger partial charge in [-0.25, -0.2) is 4.79 Å². The smallest absolute Gasteiger partial charge is 0.339 e. The van der Waals surface area contributed by atoms with Crippen LogP contribution in [0, 0.1) is 0 Å². The highest BCUT2D eigenvalue weighted by Gasteiger charge is 2.24. The summed E-state index contributed by atoms with van der Waals surface area (Å²) in [5, 5.41) is 2.93. The molecular weight excluding hydrogens is 310 g/mol. The Bertz CT molecular complexity index is 609. The van der Waals surface area contributed by atoms with E-state index in [2.05, 4.69) is 5.32 Å². The molecule has 1 N–H and O–H groups in total. The molecule has 1 aliphatic heterocycles. The number of nitrogens with one attached hydrogen (secondary N) is 1. The number of fused-ring (bicyclic) bond motifs is 1. The van der Waals surface area contributed by atoms with Crippen LogP contribution in [-0.4, -0.2) is 37.2 Å². The molecule has 24 heavy (non-hydrogen) atoms. The van der Waals surface area contributed by atoms with Crippen molar-refractivity contribution in [2.45, 2.75) is 51.2 Å². The molecule has 130 valence electrons. The highest BCUT2D eigenvalue weighted by atomic mass is 16.5. The zero-order chi connectivity index (χ0) is 16.9. The Morgan fingerprint density at radius 1 is 1.12 bits per heavy atom. The van der Waals surface area contributed by atoms with Gasteiger partial charge in [-0.3, -0.25) is 4.79 Å². The minimum Gasteiger partial charge on any atom is -0.490 e. The van der Waals surface area contributed by atoms with Gasteiger partial charge >= 0.3 is 5.97 Å². The van der Waals surface area contributed by atoms with Gasteiger partial charge in [-0.1, -0.05) is 12.8 Å². The number of hydrogen-bond donors (Lipinski definition) is 1. The van der Waals surface area contributed by atoms with Gasteiger partial charge in [0.05, 0.1) is 18.8 Å². The van der Waals surface area contributed by atoms with Crippen LogP contribution in [0.2, 0.25) is 0 Å². The molecule has 2 aliphatic rings. The molecule has 1 atom stereocenters. The van der Waals surface area contributed by atoms with E-state index >= 15 is 0 Å². The molecule has 1 aliphatic carbocycles. The Kier molecular flexibility index (Phi) is 5.23. The van der Waals surface area contributed by atoms with Crippen LogP contribution in [0.25, 0.3) is 0 Å². The summed E-state index contributed by atoms with van der Waals surface area (Å²) in [4.78, 5) is 24.4. The molecule has 1 amide bonds. The van der Waals surface area contributed by atoms with Gasteiger partial charge < -0.3 is 19.5 Å². The molecule has 1 fully saturated rings. The highest BCUT2D eigenvalue weighted by Crippen LogP contribution is 2.30. The van der Waals surface area contributed by atoms with Crippen LogP contribution in [0.3, 0.4) is 0 Å².